The molecule has 186 valence electrons. The third kappa shape index (κ3) is 5.28. The topological polar surface area (TPSA) is 35.5 Å². The summed E-state index contributed by atoms with van der Waals surface area (Å²) in [4.78, 5) is 11.9. The summed E-state index contributed by atoms with van der Waals surface area (Å²) in [5, 5.41) is 1.66. The Bertz CT molecular complexity index is 1120. The highest BCUT2D eigenvalue weighted by atomic mass is 28.4. The van der Waals surface area contributed by atoms with Gasteiger partial charge in [0.1, 0.15) is 11.5 Å². The maximum absolute atomic E-state index is 15.7. The summed E-state index contributed by atoms with van der Waals surface area (Å²) < 4.78 is 29.0. The van der Waals surface area contributed by atoms with Crippen LogP contribution in [0.3, 0.4) is 0 Å². The van der Waals surface area contributed by atoms with Crippen LogP contribution in [0.5, 0.6) is 11.5 Å². The van der Waals surface area contributed by atoms with Gasteiger partial charge in [0.25, 0.3) is 0 Å². The van der Waals surface area contributed by atoms with E-state index in [9.17, 15) is 4.79 Å². The molecule has 0 amide bonds. The summed E-state index contributed by atoms with van der Waals surface area (Å²) in [6.07, 6.45) is 0.534. The molecule has 0 atom stereocenters. The zero-order valence-corrected chi connectivity index (χ0v) is 24.1. The fourth-order valence-corrected chi connectivity index (χ4v) is 9.50. The van der Waals surface area contributed by atoms with Crippen molar-refractivity contribution in [2.24, 2.45) is 0 Å². The largest absolute Gasteiger partial charge is 0.543 e. The van der Waals surface area contributed by atoms with Gasteiger partial charge in [0.2, 0.25) is 8.32 Å². The highest BCUT2D eigenvalue weighted by Gasteiger charge is 2.52. The number of benzene rings is 3. The molecule has 0 saturated carbocycles. The summed E-state index contributed by atoms with van der Waals surface area (Å²) in [5.74, 6) is -0.138. The molecular weight excluding hydrogens is 471 g/mol. The Labute approximate surface area is 211 Å². The molecular formula is C29H37FO3Si2. The first-order valence-corrected chi connectivity index (χ1v) is 16.8. The fraction of sp³-hybridized carbons (Fsp3) is 0.345. The Morgan fingerprint density at radius 3 is 1.63 bits per heavy atom. The lowest BCUT2D eigenvalue weighted by atomic mass is 10.2. The second-order valence-corrected chi connectivity index (χ2v) is 20.5. The van der Waals surface area contributed by atoms with E-state index >= 15 is 4.39 Å². The van der Waals surface area contributed by atoms with Crippen LogP contribution in [0.2, 0.25) is 23.2 Å². The second kappa shape index (κ2) is 9.74. The predicted molar refractivity (Wildman–Crippen MR) is 148 cm³/mol. The van der Waals surface area contributed by atoms with Gasteiger partial charge in [-0.1, -0.05) is 102 Å². The van der Waals surface area contributed by atoms with Crippen LogP contribution in [0, 0.1) is 5.82 Å². The standard InChI is InChI=1S/C29H37FO3Si2/c1-28(2,3)34(7,8)32-23-19-22(21-31)27(30)26(20-23)33-35(29(4,5)6,24-15-11-9-12-16-24)25-17-13-10-14-18-25/h9-21H,1-8H3. The molecule has 6 heteroatoms. The van der Waals surface area contributed by atoms with Crippen LogP contribution in [0.4, 0.5) is 4.39 Å². The lowest BCUT2D eigenvalue weighted by Crippen LogP contribution is -2.69. The van der Waals surface area contributed by atoms with Gasteiger partial charge in [-0.25, -0.2) is 4.39 Å². The Balaban J connectivity index is 2.26. The zero-order chi connectivity index (χ0) is 26.1. The average molecular weight is 509 g/mol. The fourth-order valence-electron chi connectivity index (χ4n) is 4.07. The van der Waals surface area contributed by atoms with E-state index in [1.807, 2.05) is 36.4 Å². The van der Waals surface area contributed by atoms with Gasteiger partial charge < -0.3 is 8.85 Å². The van der Waals surface area contributed by atoms with Crippen LogP contribution in [-0.2, 0) is 0 Å². The van der Waals surface area contributed by atoms with Gasteiger partial charge in [-0.05, 0) is 39.6 Å². The molecule has 0 saturated heterocycles. The average Bonchev–Trinajstić information content (AvgIpc) is 2.78. The van der Waals surface area contributed by atoms with Crippen LogP contribution in [0.1, 0.15) is 51.9 Å². The van der Waals surface area contributed by atoms with E-state index in [1.54, 1.807) is 6.07 Å². The molecule has 0 bridgehead atoms. The molecule has 3 nitrogen and oxygen atoms in total. The van der Waals surface area contributed by atoms with E-state index in [4.69, 9.17) is 8.85 Å². The quantitative estimate of drug-likeness (QED) is 0.256. The first-order chi connectivity index (χ1) is 16.2. The van der Waals surface area contributed by atoms with Crippen LogP contribution in [0.25, 0.3) is 0 Å². The summed E-state index contributed by atoms with van der Waals surface area (Å²) in [6.45, 7) is 17.1. The van der Waals surface area contributed by atoms with Crippen molar-refractivity contribution in [2.75, 3.05) is 0 Å². The number of rotatable bonds is 7. The maximum Gasteiger partial charge on any atom is 0.320 e. The van der Waals surface area contributed by atoms with Gasteiger partial charge in [0.15, 0.2) is 12.1 Å². The number of hydrogen-bond acceptors (Lipinski definition) is 3. The smallest absolute Gasteiger partial charge is 0.320 e. The SMILES string of the molecule is CC(C)(C)[Si](C)(C)Oc1cc(C=O)c(F)c(O[Si](c2ccccc2)(c2ccccc2)C(C)(C)C)c1. The lowest BCUT2D eigenvalue weighted by molar-refractivity contribution is 0.111. The minimum atomic E-state index is -3.08. The first kappa shape index (κ1) is 26.9. The van der Waals surface area contributed by atoms with Crippen LogP contribution < -0.4 is 19.2 Å². The van der Waals surface area contributed by atoms with Crippen molar-refractivity contribution in [3.05, 3.63) is 84.2 Å². The van der Waals surface area contributed by atoms with Gasteiger partial charge >= 0.3 is 8.32 Å². The summed E-state index contributed by atoms with van der Waals surface area (Å²) in [6, 6.07) is 23.2. The van der Waals surface area contributed by atoms with Crippen molar-refractivity contribution >= 4 is 33.3 Å². The molecule has 3 aromatic carbocycles. The molecule has 0 spiro atoms. The number of halogens is 1. The van der Waals surface area contributed by atoms with Crippen LogP contribution in [-0.4, -0.2) is 22.9 Å². The van der Waals surface area contributed by atoms with Gasteiger partial charge in [0, 0.05) is 6.07 Å². The highest BCUT2D eigenvalue weighted by molar-refractivity contribution is 7.00. The number of carbonyl (C=O) groups excluding carboxylic acids is 1. The number of hydrogen-bond donors (Lipinski definition) is 0. The first-order valence-electron chi connectivity index (χ1n) is 12.0. The van der Waals surface area contributed by atoms with E-state index < -0.39 is 22.5 Å². The molecule has 0 unspecified atom stereocenters. The van der Waals surface area contributed by atoms with Crippen molar-refractivity contribution in [2.45, 2.75) is 64.7 Å². The van der Waals surface area contributed by atoms with Crippen molar-refractivity contribution in [1.82, 2.24) is 0 Å². The molecule has 0 fully saturated rings. The summed E-state index contributed by atoms with van der Waals surface area (Å²) in [5.41, 5.74) is -0.0610. The van der Waals surface area contributed by atoms with Gasteiger partial charge in [0.05, 0.1) is 5.56 Å². The molecule has 0 heterocycles. The summed E-state index contributed by atoms with van der Waals surface area (Å²) in [7, 11) is -5.30. The lowest BCUT2D eigenvalue weighted by Gasteiger charge is -2.43. The zero-order valence-electron chi connectivity index (χ0n) is 22.1. The second-order valence-electron chi connectivity index (χ2n) is 11.6. The van der Waals surface area contributed by atoms with Gasteiger partial charge in [-0.2, -0.15) is 0 Å². The molecule has 3 rings (SSSR count). The van der Waals surface area contributed by atoms with Crippen molar-refractivity contribution in [3.63, 3.8) is 0 Å². The Hall–Kier alpha value is -2.71. The van der Waals surface area contributed by atoms with Gasteiger partial charge in [-0.3, -0.25) is 4.79 Å². The molecule has 0 aliphatic heterocycles. The molecule has 0 aliphatic rings. The normalized spacial score (nSPS) is 12.8. The predicted octanol–water partition coefficient (Wildman–Crippen LogP) is 6.96. The van der Waals surface area contributed by atoms with E-state index in [0.29, 0.717) is 12.0 Å². The monoisotopic (exact) mass is 508 g/mol. The Morgan fingerprint density at radius 2 is 1.23 bits per heavy atom. The van der Waals surface area contributed by atoms with E-state index in [0.717, 1.165) is 10.4 Å². The summed E-state index contributed by atoms with van der Waals surface area (Å²) >= 11 is 0. The molecule has 0 aromatic heterocycles. The van der Waals surface area contributed by atoms with Crippen molar-refractivity contribution in [3.8, 4) is 11.5 Å². The number of carbonyl (C=O) groups is 1. The van der Waals surface area contributed by atoms with Crippen molar-refractivity contribution in [1.29, 1.82) is 0 Å². The third-order valence-corrected chi connectivity index (χ3v) is 16.3. The molecule has 0 radical (unpaired) electrons. The third-order valence-electron chi connectivity index (χ3n) is 7.03. The van der Waals surface area contributed by atoms with Crippen molar-refractivity contribution < 1.29 is 18.0 Å². The van der Waals surface area contributed by atoms with Gasteiger partial charge in [-0.15, -0.1) is 0 Å². The Morgan fingerprint density at radius 1 is 0.743 bits per heavy atom. The Kier molecular flexibility index (Phi) is 7.49. The maximum atomic E-state index is 15.7. The minimum absolute atomic E-state index is 0.0533. The van der Waals surface area contributed by atoms with E-state index in [1.165, 1.54) is 6.07 Å². The van der Waals surface area contributed by atoms with E-state index in [2.05, 4.69) is 78.9 Å². The number of aldehydes is 1. The molecule has 3 aromatic rings. The van der Waals surface area contributed by atoms with Crippen LogP contribution >= 0.6 is 0 Å². The molecule has 0 aliphatic carbocycles. The molecule has 35 heavy (non-hydrogen) atoms. The van der Waals surface area contributed by atoms with Crippen LogP contribution in [0.15, 0.2) is 72.8 Å². The van der Waals surface area contributed by atoms with E-state index in [-0.39, 0.29) is 21.4 Å². The minimum Gasteiger partial charge on any atom is -0.543 e. The highest BCUT2D eigenvalue weighted by Crippen LogP contribution is 2.41. The molecule has 0 N–H and O–H groups in total.